The highest BCUT2D eigenvalue weighted by atomic mass is 16.2. The van der Waals surface area contributed by atoms with Crippen molar-refractivity contribution in [3.8, 4) is 0 Å². The lowest BCUT2D eigenvalue weighted by Crippen LogP contribution is -2.33. The third kappa shape index (κ3) is 2.21. The SMILES string of the molecule is CNC(=O)c1cc2ccc(C3CCC3)c(C(=O)NC34CC3C4)c2[nH]c1=O. The molecule has 3 aliphatic rings. The van der Waals surface area contributed by atoms with E-state index in [4.69, 9.17) is 0 Å². The number of aromatic amines is 1. The van der Waals surface area contributed by atoms with Crippen molar-refractivity contribution in [2.24, 2.45) is 5.92 Å². The van der Waals surface area contributed by atoms with E-state index in [0.717, 1.165) is 31.2 Å². The van der Waals surface area contributed by atoms with Crippen LogP contribution in [-0.2, 0) is 0 Å². The van der Waals surface area contributed by atoms with Crippen LogP contribution in [0.3, 0.4) is 0 Å². The number of carbonyl (C=O) groups is 2. The summed E-state index contributed by atoms with van der Waals surface area (Å²) in [6.07, 6.45) is 5.45. The lowest BCUT2D eigenvalue weighted by Gasteiger charge is -2.28. The van der Waals surface area contributed by atoms with Gasteiger partial charge in [-0.05, 0) is 54.5 Å². The van der Waals surface area contributed by atoms with E-state index in [2.05, 4.69) is 15.6 Å². The van der Waals surface area contributed by atoms with Gasteiger partial charge in [0.2, 0.25) is 0 Å². The molecule has 3 aliphatic carbocycles. The number of H-pyrrole nitrogens is 1. The van der Waals surface area contributed by atoms with E-state index in [1.807, 2.05) is 12.1 Å². The Kier molecular flexibility index (Phi) is 3.12. The number of aromatic nitrogens is 1. The molecule has 134 valence electrons. The topological polar surface area (TPSA) is 91.1 Å². The molecule has 0 spiro atoms. The Morgan fingerprint density at radius 1 is 1.19 bits per heavy atom. The van der Waals surface area contributed by atoms with Crippen molar-refractivity contribution in [2.75, 3.05) is 7.05 Å². The minimum absolute atomic E-state index is 0.0263. The van der Waals surface area contributed by atoms with Gasteiger partial charge in [0, 0.05) is 12.6 Å². The van der Waals surface area contributed by atoms with E-state index in [9.17, 15) is 14.4 Å². The number of hydrogen-bond acceptors (Lipinski definition) is 3. The second-order valence-corrected chi connectivity index (χ2v) is 7.93. The van der Waals surface area contributed by atoms with Crippen molar-refractivity contribution in [1.82, 2.24) is 15.6 Å². The molecule has 0 aliphatic heterocycles. The zero-order valence-corrected chi connectivity index (χ0v) is 14.6. The number of nitrogens with one attached hydrogen (secondary N) is 3. The molecule has 0 radical (unpaired) electrons. The summed E-state index contributed by atoms with van der Waals surface area (Å²) in [6, 6.07) is 5.46. The van der Waals surface area contributed by atoms with Crippen LogP contribution in [0.4, 0.5) is 0 Å². The van der Waals surface area contributed by atoms with Crippen molar-refractivity contribution in [3.05, 3.63) is 45.2 Å². The van der Waals surface area contributed by atoms with E-state index in [1.165, 1.54) is 13.5 Å². The molecule has 0 unspecified atom stereocenters. The summed E-state index contributed by atoms with van der Waals surface area (Å²) in [5.41, 5.74) is 1.76. The Bertz CT molecular complexity index is 1010. The summed E-state index contributed by atoms with van der Waals surface area (Å²) in [5, 5.41) is 6.37. The van der Waals surface area contributed by atoms with Crippen LogP contribution in [0.5, 0.6) is 0 Å². The molecule has 3 N–H and O–H groups in total. The number of hydrogen-bond donors (Lipinski definition) is 3. The molecule has 2 amide bonds. The maximum Gasteiger partial charge on any atom is 0.261 e. The highest BCUT2D eigenvalue weighted by molar-refractivity contribution is 6.08. The van der Waals surface area contributed by atoms with Gasteiger partial charge in [0.25, 0.3) is 17.4 Å². The van der Waals surface area contributed by atoms with Crippen molar-refractivity contribution >= 4 is 22.7 Å². The highest BCUT2D eigenvalue weighted by Crippen LogP contribution is 2.66. The van der Waals surface area contributed by atoms with Crippen molar-refractivity contribution in [3.63, 3.8) is 0 Å². The van der Waals surface area contributed by atoms with Crippen LogP contribution >= 0.6 is 0 Å². The normalized spacial score (nSPS) is 26.0. The summed E-state index contributed by atoms with van der Waals surface area (Å²) in [4.78, 5) is 40.2. The summed E-state index contributed by atoms with van der Waals surface area (Å²) in [6.45, 7) is 0. The molecule has 0 atom stereocenters. The number of pyridine rings is 1. The summed E-state index contributed by atoms with van der Waals surface area (Å²) in [5.74, 6) is 0.488. The van der Waals surface area contributed by atoms with Crippen LogP contribution in [0.15, 0.2) is 23.0 Å². The fraction of sp³-hybridized carbons (Fsp3) is 0.450. The van der Waals surface area contributed by atoms with Gasteiger partial charge >= 0.3 is 0 Å². The molecule has 1 aromatic carbocycles. The van der Waals surface area contributed by atoms with Crippen molar-refractivity contribution in [1.29, 1.82) is 0 Å². The van der Waals surface area contributed by atoms with Crippen LogP contribution in [-0.4, -0.2) is 29.4 Å². The molecular formula is C20H21N3O3. The van der Waals surface area contributed by atoms with Crippen molar-refractivity contribution in [2.45, 2.75) is 43.6 Å². The van der Waals surface area contributed by atoms with E-state index in [0.29, 0.717) is 28.3 Å². The first-order valence-electron chi connectivity index (χ1n) is 9.27. The lowest BCUT2D eigenvalue weighted by molar-refractivity contribution is 0.0939. The first-order chi connectivity index (χ1) is 12.5. The molecular weight excluding hydrogens is 330 g/mol. The van der Waals surface area contributed by atoms with E-state index < -0.39 is 11.5 Å². The monoisotopic (exact) mass is 351 g/mol. The number of benzene rings is 1. The average molecular weight is 351 g/mol. The molecule has 3 fully saturated rings. The Labute approximate surface area is 150 Å². The predicted molar refractivity (Wildman–Crippen MR) is 97.5 cm³/mol. The van der Waals surface area contributed by atoms with Crippen LogP contribution < -0.4 is 16.2 Å². The number of amides is 2. The maximum atomic E-state index is 13.1. The van der Waals surface area contributed by atoms with Gasteiger partial charge in [0.1, 0.15) is 5.56 Å². The molecule has 5 rings (SSSR count). The molecule has 0 bridgehead atoms. The predicted octanol–water partition coefficient (Wildman–Crippen LogP) is 2.05. The molecule has 1 heterocycles. The average Bonchev–Trinajstić information content (AvgIpc) is 3.41. The Morgan fingerprint density at radius 3 is 2.50 bits per heavy atom. The maximum absolute atomic E-state index is 13.1. The first-order valence-corrected chi connectivity index (χ1v) is 9.27. The molecule has 26 heavy (non-hydrogen) atoms. The second-order valence-electron chi connectivity index (χ2n) is 7.93. The lowest BCUT2D eigenvalue weighted by atomic mass is 9.77. The van der Waals surface area contributed by atoms with Crippen LogP contribution in [0.1, 0.15) is 64.3 Å². The Morgan fingerprint density at radius 2 is 1.92 bits per heavy atom. The molecule has 1 aromatic heterocycles. The standard InChI is InChI=1S/C20H21N3O3/c1-21-17(24)14-7-11-5-6-13(10-3-2-4-10)15(16(11)22-18(14)25)19(26)23-20-8-12(20)9-20/h5-7,10,12H,2-4,8-9H2,1H3,(H,21,24)(H,22,25)(H,23,26). The summed E-state index contributed by atoms with van der Waals surface area (Å²) < 4.78 is 0. The largest absolute Gasteiger partial charge is 0.355 e. The number of rotatable bonds is 4. The van der Waals surface area contributed by atoms with Gasteiger partial charge in [-0.25, -0.2) is 0 Å². The highest BCUT2D eigenvalue weighted by Gasteiger charge is 2.70. The van der Waals surface area contributed by atoms with Gasteiger partial charge < -0.3 is 15.6 Å². The van der Waals surface area contributed by atoms with E-state index in [-0.39, 0.29) is 17.0 Å². The van der Waals surface area contributed by atoms with Crippen LogP contribution in [0, 0.1) is 5.92 Å². The van der Waals surface area contributed by atoms with Gasteiger partial charge in [-0.2, -0.15) is 0 Å². The number of carbonyl (C=O) groups excluding carboxylic acids is 2. The third-order valence-corrected chi connectivity index (χ3v) is 6.34. The van der Waals surface area contributed by atoms with Crippen LogP contribution in [0.25, 0.3) is 10.9 Å². The molecule has 3 saturated carbocycles. The van der Waals surface area contributed by atoms with Gasteiger partial charge in [0.15, 0.2) is 0 Å². The second kappa shape index (κ2) is 5.19. The smallest absolute Gasteiger partial charge is 0.261 e. The molecule has 6 nitrogen and oxygen atoms in total. The molecule has 2 aromatic rings. The minimum atomic E-state index is -0.467. The van der Waals surface area contributed by atoms with Gasteiger partial charge in [-0.15, -0.1) is 0 Å². The summed E-state index contributed by atoms with van der Waals surface area (Å²) >= 11 is 0. The van der Waals surface area contributed by atoms with Gasteiger partial charge in [-0.1, -0.05) is 18.6 Å². The third-order valence-electron chi connectivity index (χ3n) is 6.34. The fourth-order valence-corrected chi connectivity index (χ4v) is 4.09. The fourth-order valence-electron chi connectivity index (χ4n) is 4.09. The zero-order chi connectivity index (χ0) is 18.1. The zero-order valence-electron chi connectivity index (χ0n) is 14.6. The number of fused-ring (bicyclic) bond motifs is 2. The van der Waals surface area contributed by atoms with Gasteiger partial charge in [-0.3, -0.25) is 14.4 Å². The minimum Gasteiger partial charge on any atom is -0.355 e. The quantitative estimate of drug-likeness (QED) is 0.787. The molecule has 0 saturated heterocycles. The Hall–Kier alpha value is -2.63. The van der Waals surface area contributed by atoms with E-state index in [1.54, 1.807) is 6.07 Å². The van der Waals surface area contributed by atoms with E-state index >= 15 is 0 Å². The van der Waals surface area contributed by atoms with Crippen molar-refractivity contribution < 1.29 is 9.59 Å². The Balaban J connectivity index is 1.66. The van der Waals surface area contributed by atoms with Crippen LogP contribution in [0.2, 0.25) is 0 Å². The van der Waals surface area contributed by atoms with Gasteiger partial charge in [0.05, 0.1) is 11.1 Å². The molecule has 6 heteroatoms. The first kappa shape index (κ1) is 15.6. The summed E-state index contributed by atoms with van der Waals surface area (Å²) in [7, 11) is 1.49.